The molecule has 0 spiro atoms. The van der Waals surface area contributed by atoms with Gasteiger partial charge in [-0.15, -0.1) is 0 Å². The summed E-state index contributed by atoms with van der Waals surface area (Å²) >= 11 is 5.00. The third-order valence-electron chi connectivity index (χ3n) is 3.11. The first-order valence-electron chi connectivity index (χ1n) is 6.18. The van der Waals surface area contributed by atoms with Crippen LogP contribution in [-0.4, -0.2) is 0 Å². The average Bonchev–Trinajstić information content (AvgIpc) is 2.52. The number of hydrogen-bond donors (Lipinski definition) is 0. The maximum absolute atomic E-state index is 5.54. The Balaban J connectivity index is 2.85. The zero-order chi connectivity index (χ0) is 13.7. The van der Waals surface area contributed by atoms with Crippen molar-refractivity contribution < 1.29 is 8.83 Å². The van der Waals surface area contributed by atoms with Gasteiger partial charge in [0.2, 0.25) is 0 Å². The standard InChI is InChI=1S/C15H20O2S/c1-14(2,3)9-7-10(15(4,5)6)12-11(8-9)16-13(18)17-12/h7-8H,1-6H3. The molecule has 0 aliphatic heterocycles. The van der Waals surface area contributed by atoms with Crippen LogP contribution in [0.3, 0.4) is 0 Å². The van der Waals surface area contributed by atoms with Gasteiger partial charge in [-0.3, -0.25) is 0 Å². The van der Waals surface area contributed by atoms with Gasteiger partial charge in [-0.25, -0.2) is 0 Å². The minimum atomic E-state index is -0.00530. The molecule has 0 aliphatic carbocycles. The van der Waals surface area contributed by atoms with Gasteiger partial charge in [-0.2, -0.15) is 0 Å². The first-order chi connectivity index (χ1) is 8.09. The summed E-state index contributed by atoms with van der Waals surface area (Å²) in [4.78, 5) is 0.196. The van der Waals surface area contributed by atoms with Gasteiger partial charge in [0.05, 0.1) is 0 Å². The van der Waals surface area contributed by atoms with Crippen molar-refractivity contribution >= 4 is 23.4 Å². The van der Waals surface area contributed by atoms with Crippen LogP contribution >= 0.6 is 12.2 Å². The highest BCUT2D eigenvalue weighted by Crippen LogP contribution is 2.35. The Hall–Kier alpha value is -1.09. The lowest BCUT2D eigenvalue weighted by molar-refractivity contribution is 0.440. The van der Waals surface area contributed by atoms with E-state index in [1.807, 2.05) is 6.07 Å². The molecule has 0 fully saturated rings. The Morgan fingerprint density at radius 2 is 1.50 bits per heavy atom. The molecule has 1 aromatic heterocycles. The van der Waals surface area contributed by atoms with E-state index in [-0.39, 0.29) is 15.7 Å². The first-order valence-corrected chi connectivity index (χ1v) is 6.58. The van der Waals surface area contributed by atoms with Gasteiger partial charge in [0, 0.05) is 17.8 Å². The number of benzene rings is 1. The fourth-order valence-corrected chi connectivity index (χ4v) is 2.14. The Morgan fingerprint density at radius 3 is 2.00 bits per heavy atom. The number of fused-ring (bicyclic) bond motifs is 1. The Labute approximate surface area is 113 Å². The monoisotopic (exact) mass is 264 g/mol. The molecule has 18 heavy (non-hydrogen) atoms. The highest BCUT2D eigenvalue weighted by atomic mass is 32.1. The second-order valence-electron chi connectivity index (χ2n) is 6.81. The van der Waals surface area contributed by atoms with E-state index >= 15 is 0 Å². The fraction of sp³-hybridized carbons (Fsp3) is 0.533. The van der Waals surface area contributed by atoms with Crippen LogP contribution in [0.2, 0.25) is 0 Å². The molecule has 1 heterocycles. The SMILES string of the molecule is CC(C)(C)c1cc(C(C)(C)C)c2oc(=S)oc2c1. The van der Waals surface area contributed by atoms with Crippen molar-refractivity contribution in [3.8, 4) is 0 Å². The zero-order valence-electron chi connectivity index (χ0n) is 11.9. The second kappa shape index (κ2) is 3.95. The van der Waals surface area contributed by atoms with E-state index in [1.54, 1.807) is 0 Å². The molecule has 0 N–H and O–H groups in total. The zero-order valence-corrected chi connectivity index (χ0v) is 12.7. The molecule has 0 unspecified atom stereocenters. The summed E-state index contributed by atoms with van der Waals surface area (Å²) in [6, 6.07) is 4.24. The smallest absolute Gasteiger partial charge is 0.363 e. The van der Waals surface area contributed by atoms with Crippen molar-refractivity contribution in [3.63, 3.8) is 0 Å². The maximum atomic E-state index is 5.54. The molecule has 0 amide bonds. The predicted octanol–water partition coefficient (Wildman–Crippen LogP) is 5.35. The van der Waals surface area contributed by atoms with Gasteiger partial charge in [-0.1, -0.05) is 47.6 Å². The molecule has 2 nitrogen and oxygen atoms in total. The highest BCUT2D eigenvalue weighted by molar-refractivity contribution is 7.71. The summed E-state index contributed by atoms with van der Waals surface area (Å²) in [6.07, 6.45) is 0. The molecule has 2 aromatic rings. The summed E-state index contributed by atoms with van der Waals surface area (Å²) in [5.74, 6) is 0. The van der Waals surface area contributed by atoms with E-state index < -0.39 is 0 Å². The third-order valence-corrected chi connectivity index (χ3v) is 3.27. The lowest BCUT2D eigenvalue weighted by atomic mass is 9.80. The van der Waals surface area contributed by atoms with Gasteiger partial charge in [0.25, 0.3) is 0 Å². The summed E-state index contributed by atoms with van der Waals surface area (Å²) in [6.45, 7) is 13.1. The van der Waals surface area contributed by atoms with E-state index in [4.69, 9.17) is 21.1 Å². The maximum Gasteiger partial charge on any atom is 0.363 e. The van der Waals surface area contributed by atoms with Gasteiger partial charge in [-0.05, 0) is 22.5 Å². The van der Waals surface area contributed by atoms with E-state index in [9.17, 15) is 0 Å². The molecule has 1 aromatic carbocycles. The molecule has 98 valence electrons. The molecule has 0 bridgehead atoms. The molecule has 0 saturated heterocycles. The summed E-state index contributed by atoms with van der Waals surface area (Å²) in [5.41, 5.74) is 3.97. The predicted molar refractivity (Wildman–Crippen MR) is 76.7 cm³/mol. The van der Waals surface area contributed by atoms with E-state index in [0.29, 0.717) is 0 Å². The van der Waals surface area contributed by atoms with E-state index in [1.165, 1.54) is 5.56 Å². The van der Waals surface area contributed by atoms with Gasteiger partial charge >= 0.3 is 4.90 Å². The van der Waals surface area contributed by atoms with Crippen LogP contribution in [0.5, 0.6) is 0 Å². The Bertz CT molecular complexity index is 633. The summed E-state index contributed by atoms with van der Waals surface area (Å²) in [5, 5.41) is 0. The van der Waals surface area contributed by atoms with Gasteiger partial charge < -0.3 is 8.83 Å². The molecular weight excluding hydrogens is 244 g/mol. The largest absolute Gasteiger partial charge is 0.413 e. The third kappa shape index (κ3) is 2.37. The topological polar surface area (TPSA) is 26.3 Å². The molecule has 2 rings (SSSR count). The molecule has 0 radical (unpaired) electrons. The minimum absolute atomic E-state index is 0.00530. The van der Waals surface area contributed by atoms with Crippen molar-refractivity contribution in [3.05, 3.63) is 28.2 Å². The lowest BCUT2D eigenvalue weighted by Gasteiger charge is -2.24. The van der Waals surface area contributed by atoms with Crippen molar-refractivity contribution in [2.45, 2.75) is 52.4 Å². The molecule has 0 saturated carbocycles. The van der Waals surface area contributed by atoms with Crippen LogP contribution in [0.4, 0.5) is 0 Å². The lowest BCUT2D eigenvalue weighted by Crippen LogP contribution is -2.16. The first kappa shape index (κ1) is 13.3. The van der Waals surface area contributed by atoms with Crippen molar-refractivity contribution in [2.75, 3.05) is 0 Å². The number of rotatable bonds is 0. The normalized spacial score (nSPS) is 13.2. The van der Waals surface area contributed by atoms with Crippen LogP contribution in [0.15, 0.2) is 21.0 Å². The van der Waals surface area contributed by atoms with E-state index in [2.05, 4.69) is 47.6 Å². The van der Waals surface area contributed by atoms with Crippen LogP contribution < -0.4 is 0 Å². The average molecular weight is 264 g/mol. The van der Waals surface area contributed by atoms with Crippen LogP contribution in [-0.2, 0) is 10.8 Å². The summed E-state index contributed by atoms with van der Waals surface area (Å²) < 4.78 is 11.0. The van der Waals surface area contributed by atoms with Gasteiger partial charge in [0.1, 0.15) is 0 Å². The Morgan fingerprint density at radius 1 is 0.889 bits per heavy atom. The summed E-state index contributed by atoms with van der Waals surface area (Å²) in [7, 11) is 0. The Kier molecular flexibility index (Phi) is 2.93. The van der Waals surface area contributed by atoms with Crippen LogP contribution in [0.25, 0.3) is 11.2 Å². The van der Waals surface area contributed by atoms with Crippen molar-refractivity contribution in [1.29, 1.82) is 0 Å². The van der Waals surface area contributed by atoms with Crippen molar-refractivity contribution in [2.24, 2.45) is 0 Å². The number of hydrogen-bond acceptors (Lipinski definition) is 3. The molecular formula is C15H20O2S. The second-order valence-corrected chi connectivity index (χ2v) is 7.14. The highest BCUT2D eigenvalue weighted by Gasteiger charge is 2.24. The molecule has 0 aliphatic rings. The van der Waals surface area contributed by atoms with Crippen LogP contribution in [0.1, 0.15) is 52.7 Å². The molecule has 0 atom stereocenters. The van der Waals surface area contributed by atoms with Gasteiger partial charge in [0.15, 0.2) is 11.2 Å². The van der Waals surface area contributed by atoms with E-state index in [0.717, 1.165) is 16.7 Å². The fourth-order valence-electron chi connectivity index (χ4n) is 1.97. The van der Waals surface area contributed by atoms with Crippen molar-refractivity contribution in [1.82, 2.24) is 0 Å². The van der Waals surface area contributed by atoms with Crippen LogP contribution in [0, 0.1) is 4.90 Å². The molecule has 3 heteroatoms. The minimum Gasteiger partial charge on any atom is -0.413 e. The quantitative estimate of drug-likeness (QED) is 0.600.